The Kier molecular flexibility index (Phi) is 8.07. The van der Waals surface area contributed by atoms with Crippen molar-refractivity contribution in [2.75, 3.05) is 18.9 Å². The predicted molar refractivity (Wildman–Crippen MR) is 158 cm³/mol. The lowest BCUT2D eigenvalue weighted by Gasteiger charge is -2.16. The summed E-state index contributed by atoms with van der Waals surface area (Å²) in [5.74, 6) is 1.06. The summed E-state index contributed by atoms with van der Waals surface area (Å²) in [7, 11) is 0. The summed E-state index contributed by atoms with van der Waals surface area (Å²) in [4.78, 5) is 17.4. The summed E-state index contributed by atoms with van der Waals surface area (Å²) in [5, 5.41) is 4.90. The molecule has 4 N–H and O–H groups in total. The summed E-state index contributed by atoms with van der Waals surface area (Å²) in [5.41, 5.74) is 17.8. The van der Waals surface area contributed by atoms with E-state index in [2.05, 4.69) is 17.2 Å². The normalized spacial score (nSPS) is 12.0. The quantitative estimate of drug-likeness (QED) is 0.240. The Hall–Kier alpha value is -4.69. The van der Waals surface area contributed by atoms with Crippen LogP contribution in [0.2, 0.25) is 0 Å². The molecule has 0 unspecified atom stereocenters. The van der Waals surface area contributed by atoms with Gasteiger partial charge in [0.25, 0.3) is 0 Å². The van der Waals surface area contributed by atoms with Crippen LogP contribution in [0.5, 0.6) is 5.75 Å². The van der Waals surface area contributed by atoms with Crippen LogP contribution in [0, 0.1) is 5.92 Å². The minimum Gasteiger partial charge on any atom is -0.490 e. The van der Waals surface area contributed by atoms with Crippen LogP contribution in [-0.4, -0.2) is 40.1 Å². The molecule has 0 radical (unpaired) electrons. The molecule has 3 aromatic carbocycles. The second-order valence-electron chi connectivity index (χ2n) is 10.2. The van der Waals surface area contributed by atoms with Gasteiger partial charge in [-0.05, 0) is 41.7 Å². The number of anilines is 1. The lowest BCUT2D eigenvalue weighted by Crippen LogP contribution is -2.30. The van der Waals surface area contributed by atoms with Crippen molar-refractivity contribution < 1.29 is 14.3 Å². The topological polar surface area (TPSA) is 118 Å². The molecule has 2 heterocycles. The zero-order valence-electron chi connectivity index (χ0n) is 22.7. The minimum atomic E-state index is -0.558. The van der Waals surface area contributed by atoms with Crippen LogP contribution in [0.4, 0.5) is 10.6 Å². The first-order valence-corrected chi connectivity index (χ1v) is 13.3. The van der Waals surface area contributed by atoms with Crippen LogP contribution in [0.25, 0.3) is 33.3 Å². The van der Waals surface area contributed by atoms with Gasteiger partial charge in [0.05, 0.1) is 24.0 Å². The molecule has 0 saturated heterocycles. The first kappa shape index (κ1) is 26.9. The fourth-order valence-corrected chi connectivity index (χ4v) is 4.50. The van der Waals surface area contributed by atoms with Gasteiger partial charge in [0.15, 0.2) is 5.82 Å². The van der Waals surface area contributed by atoms with Crippen molar-refractivity contribution in [1.29, 1.82) is 0 Å². The Morgan fingerprint density at radius 2 is 1.65 bits per heavy atom. The van der Waals surface area contributed by atoms with E-state index in [0.29, 0.717) is 36.3 Å². The molecule has 2 aromatic heterocycles. The number of nitrogens with two attached hydrogens (primary N) is 2. The smallest absolute Gasteiger partial charge is 0.435 e. The lowest BCUT2D eigenvalue weighted by molar-refractivity contribution is 0.132. The third-order valence-corrected chi connectivity index (χ3v) is 6.45. The number of nitrogen functional groups attached to an aromatic ring is 1. The molecule has 0 aliphatic heterocycles. The van der Waals surface area contributed by atoms with Crippen LogP contribution in [0.3, 0.4) is 0 Å². The molecule has 40 heavy (non-hydrogen) atoms. The number of nitrogens with zero attached hydrogens (tertiary/aromatic N) is 3. The number of carbonyl (C=O) groups is 1. The van der Waals surface area contributed by atoms with Crippen molar-refractivity contribution in [3.63, 3.8) is 0 Å². The second kappa shape index (κ2) is 12.0. The minimum absolute atomic E-state index is 0.169. The van der Waals surface area contributed by atoms with Gasteiger partial charge >= 0.3 is 6.09 Å². The number of hydrogen-bond donors (Lipinski definition) is 2. The standard InChI is InChI=1S/C32H33N5O3/c1-21(2)19-40-32(38)37-29-14-13-24(16-28(29)31(34)36-37)27-17-26(18-35-30(27)23-11-7-4-8-12-23)39-20-25(33)15-22-9-5-3-6-10-22/h3-14,16-18,21,25H,15,19-20,33H2,1-2H3,(H2,34,36)/t25-/m1/s1. The molecule has 5 rings (SSSR count). The van der Waals surface area contributed by atoms with Crippen molar-refractivity contribution in [2.45, 2.75) is 26.3 Å². The molecular weight excluding hydrogens is 502 g/mol. The molecule has 204 valence electrons. The average Bonchev–Trinajstić information content (AvgIpc) is 3.31. The number of aromatic nitrogens is 3. The largest absolute Gasteiger partial charge is 0.490 e. The van der Waals surface area contributed by atoms with Gasteiger partial charge < -0.3 is 20.9 Å². The number of hydrogen-bond acceptors (Lipinski definition) is 7. The second-order valence-corrected chi connectivity index (χ2v) is 10.2. The highest BCUT2D eigenvalue weighted by molar-refractivity contribution is 5.98. The van der Waals surface area contributed by atoms with Gasteiger partial charge in [0.2, 0.25) is 0 Å². The maximum absolute atomic E-state index is 12.6. The van der Waals surface area contributed by atoms with E-state index in [1.54, 1.807) is 6.20 Å². The monoisotopic (exact) mass is 535 g/mol. The number of pyridine rings is 1. The van der Waals surface area contributed by atoms with Crippen molar-refractivity contribution in [3.05, 3.63) is 96.7 Å². The average molecular weight is 536 g/mol. The molecule has 0 fully saturated rings. The summed E-state index contributed by atoms with van der Waals surface area (Å²) < 4.78 is 12.7. The molecule has 0 bridgehead atoms. The Morgan fingerprint density at radius 1 is 0.925 bits per heavy atom. The van der Waals surface area contributed by atoms with Crippen LogP contribution >= 0.6 is 0 Å². The molecule has 0 amide bonds. The fraction of sp³-hybridized carbons (Fsp3) is 0.219. The van der Waals surface area contributed by atoms with Crippen LogP contribution in [0.1, 0.15) is 19.4 Å². The molecular formula is C32H33N5O3. The molecule has 8 heteroatoms. The third kappa shape index (κ3) is 6.13. The summed E-state index contributed by atoms with van der Waals surface area (Å²) in [6, 6.07) is 27.5. The Bertz CT molecular complexity index is 1600. The van der Waals surface area contributed by atoms with Gasteiger partial charge in [-0.1, -0.05) is 80.6 Å². The number of ether oxygens (including phenoxy) is 2. The Balaban J connectivity index is 1.46. The fourth-order valence-electron chi connectivity index (χ4n) is 4.50. The van der Waals surface area contributed by atoms with Gasteiger partial charge in [-0.3, -0.25) is 4.98 Å². The molecule has 5 aromatic rings. The van der Waals surface area contributed by atoms with Crippen molar-refractivity contribution in [2.24, 2.45) is 11.7 Å². The van der Waals surface area contributed by atoms with Crippen molar-refractivity contribution in [1.82, 2.24) is 14.8 Å². The molecule has 0 saturated carbocycles. The summed E-state index contributed by atoms with van der Waals surface area (Å²) >= 11 is 0. The molecule has 8 nitrogen and oxygen atoms in total. The number of carbonyl (C=O) groups excluding carboxylic acids is 1. The van der Waals surface area contributed by atoms with E-state index in [1.165, 1.54) is 4.68 Å². The zero-order chi connectivity index (χ0) is 28.1. The van der Waals surface area contributed by atoms with Crippen molar-refractivity contribution >= 4 is 22.8 Å². The molecule has 0 aliphatic carbocycles. The number of rotatable bonds is 9. The van der Waals surface area contributed by atoms with Gasteiger partial charge in [0, 0.05) is 22.6 Å². The molecule has 0 aliphatic rings. The van der Waals surface area contributed by atoms with Crippen molar-refractivity contribution in [3.8, 4) is 28.1 Å². The first-order valence-electron chi connectivity index (χ1n) is 13.3. The van der Waals surface area contributed by atoms with Gasteiger partial charge in [0.1, 0.15) is 12.4 Å². The SMILES string of the molecule is CC(C)COC(=O)n1nc(N)c2cc(-c3cc(OC[C@H](N)Cc4ccccc4)cnc3-c3ccccc3)ccc21. The van der Waals surface area contributed by atoms with E-state index in [-0.39, 0.29) is 17.8 Å². The van der Waals surface area contributed by atoms with E-state index < -0.39 is 6.09 Å². The highest BCUT2D eigenvalue weighted by Crippen LogP contribution is 2.35. The van der Waals surface area contributed by atoms with Gasteiger partial charge in [-0.15, -0.1) is 5.10 Å². The highest BCUT2D eigenvalue weighted by atomic mass is 16.6. The Morgan fingerprint density at radius 3 is 2.38 bits per heavy atom. The van der Waals surface area contributed by atoms with E-state index in [1.807, 2.05) is 86.6 Å². The molecule has 0 spiro atoms. The lowest BCUT2D eigenvalue weighted by atomic mass is 9.98. The first-order chi connectivity index (χ1) is 19.4. The van der Waals surface area contributed by atoms with E-state index in [0.717, 1.165) is 27.9 Å². The van der Waals surface area contributed by atoms with Crippen LogP contribution in [-0.2, 0) is 11.2 Å². The Labute approximate surface area is 233 Å². The number of benzene rings is 3. The van der Waals surface area contributed by atoms with Gasteiger partial charge in [-0.2, -0.15) is 4.68 Å². The van der Waals surface area contributed by atoms with Gasteiger partial charge in [-0.25, -0.2) is 4.79 Å². The van der Waals surface area contributed by atoms with E-state index in [9.17, 15) is 4.79 Å². The van der Waals surface area contributed by atoms with E-state index >= 15 is 0 Å². The maximum Gasteiger partial charge on any atom is 0.435 e. The zero-order valence-corrected chi connectivity index (χ0v) is 22.7. The molecule has 1 atom stereocenters. The summed E-state index contributed by atoms with van der Waals surface area (Å²) in [6.45, 7) is 4.59. The summed E-state index contributed by atoms with van der Waals surface area (Å²) in [6.07, 6.45) is 1.87. The van der Waals surface area contributed by atoms with Crippen LogP contribution < -0.4 is 16.2 Å². The number of fused-ring (bicyclic) bond motifs is 1. The predicted octanol–water partition coefficient (Wildman–Crippen LogP) is 5.94. The highest BCUT2D eigenvalue weighted by Gasteiger charge is 2.18. The third-order valence-electron chi connectivity index (χ3n) is 6.45. The van der Waals surface area contributed by atoms with Crippen LogP contribution in [0.15, 0.2) is 91.1 Å². The van der Waals surface area contributed by atoms with E-state index in [4.69, 9.17) is 25.9 Å². The maximum atomic E-state index is 12.6.